The molecule has 1 nitrogen and oxygen atoms in total. The molecular formula is C5H11IOS. The molecule has 50 valence electrons. The van der Waals surface area contributed by atoms with Crippen molar-refractivity contribution < 1.29 is 5.11 Å². The number of rotatable bonds is 2. The number of hydrogen-bond acceptors (Lipinski definition) is 2. The molecule has 0 spiro atoms. The van der Waals surface area contributed by atoms with Gasteiger partial charge in [-0.2, -0.15) is 12.6 Å². The van der Waals surface area contributed by atoms with E-state index in [0.717, 1.165) is 6.42 Å². The first-order valence-electron chi connectivity index (χ1n) is 2.55. The highest BCUT2D eigenvalue weighted by molar-refractivity contribution is 14.1. The number of aliphatic hydroxyl groups excluding tert-OH is 1. The number of alkyl halides is 1. The van der Waals surface area contributed by atoms with Gasteiger partial charge in [0, 0.05) is 4.75 Å². The molecule has 0 saturated carbocycles. The first-order valence-corrected chi connectivity index (χ1v) is 4.24. The fourth-order valence-electron chi connectivity index (χ4n) is 0.168. The van der Waals surface area contributed by atoms with Crippen LogP contribution in [0.25, 0.3) is 0 Å². The van der Waals surface area contributed by atoms with Crippen LogP contribution in [0.5, 0.6) is 0 Å². The lowest BCUT2D eigenvalue weighted by Crippen LogP contribution is -2.27. The molecule has 0 aliphatic heterocycles. The van der Waals surface area contributed by atoms with Gasteiger partial charge in [-0.15, -0.1) is 0 Å². The molecule has 2 unspecified atom stereocenters. The van der Waals surface area contributed by atoms with Crippen LogP contribution in [0.15, 0.2) is 0 Å². The van der Waals surface area contributed by atoms with Crippen molar-refractivity contribution in [3.05, 3.63) is 0 Å². The van der Waals surface area contributed by atoms with Gasteiger partial charge < -0.3 is 5.11 Å². The maximum atomic E-state index is 8.99. The van der Waals surface area contributed by atoms with Crippen LogP contribution in [0, 0.1) is 0 Å². The first kappa shape index (κ1) is 9.04. The first-order chi connectivity index (χ1) is 3.50. The van der Waals surface area contributed by atoms with E-state index in [9.17, 15) is 0 Å². The van der Waals surface area contributed by atoms with Crippen molar-refractivity contribution in [2.75, 3.05) is 0 Å². The topological polar surface area (TPSA) is 20.2 Å². The third-order valence-corrected chi connectivity index (χ3v) is 3.66. The lowest BCUT2D eigenvalue weighted by molar-refractivity contribution is 0.235. The summed E-state index contributed by atoms with van der Waals surface area (Å²) in [6, 6.07) is 0. The third kappa shape index (κ3) is 2.55. The van der Waals surface area contributed by atoms with E-state index in [4.69, 9.17) is 5.11 Å². The van der Waals surface area contributed by atoms with Crippen LogP contribution in [0.2, 0.25) is 0 Å². The Bertz CT molecular complexity index is 72.8. The molecule has 0 rings (SSSR count). The molecule has 0 radical (unpaired) electrons. The second kappa shape index (κ2) is 3.27. The molecular weight excluding hydrogens is 235 g/mol. The molecule has 1 N–H and O–H groups in total. The molecule has 0 aromatic carbocycles. The van der Waals surface area contributed by atoms with Gasteiger partial charge in [0.2, 0.25) is 0 Å². The summed E-state index contributed by atoms with van der Waals surface area (Å²) in [5.74, 6) is 0. The fourth-order valence-corrected chi connectivity index (χ4v) is 0.609. The van der Waals surface area contributed by atoms with Gasteiger partial charge in [-0.3, -0.25) is 0 Å². The van der Waals surface area contributed by atoms with Gasteiger partial charge in [-0.1, -0.05) is 6.92 Å². The summed E-state index contributed by atoms with van der Waals surface area (Å²) in [6.07, 6.45) is 0.889. The van der Waals surface area contributed by atoms with Gasteiger partial charge in [0.1, 0.15) is 4.11 Å². The molecule has 3 heteroatoms. The summed E-state index contributed by atoms with van der Waals surface area (Å²) >= 11 is 6.19. The van der Waals surface area contributed by atoms with Gasteiger partial charge >= 0.3 is 0 Å². The molecule has 0 aromatic heterocycles. The number of halogens is 1. The van der Waals surface area contributed by atoms with Crippen molar-refractivity contribution in [2.45, 2.75) is 29.1 Å². The number of hydrogen-bond donors (Lipinski definition) is 2. The highest BCUT2D eigenvalue weighted by Gasteiger charge is 2.23. The Balaban J connectivity index is 3.71. The standard InChI is InChI=1S/C5H11IOS/c1-3-5(2,8)4(6)7/h4,7-8H,3H2,1-2H3. The summed E-state index contributed by atoms with van der Waals surface area (Å²) in [5.41, 5.74) is 0. The second-order valence-corrected chi connectivity index (χ2v) is 4.25. The Labute approximate surface area is 69.4 Å². The SMILES string of the molecule is CCC(C)(S)C(O)I. The molecule has 0 aliphatic rings. The van der Waals surface area contributed by atoms with E-state index >= 15 is 0 Å². The molecule has 0 fully saturated rings. The van der Waals surface area contributed by atoms with Crippen LogP contribution >= 0.6 is 35.2 Å². The second-order valence-electron chi connectivity index (χ2n) is 2.05. The van der Waals surface area contributed by atoms with Gasteiger partial charge in [-0.25, -0.2) is 0 Å². The predicted molar refractivity (Wildman–Crippen MR) is 47.7 cm³/mol. The van der Waals surface area contributed by atoms with Crippen LogP contribution in [0.1, 0.15) is 20.3 Å². The zero-order valence-corrected chi connectivity index (χ0v) is 8.11. The minimum Gasteiger partial charge on any atom is -0.381 e. The van der Waals surface area contributed by atoms with Crippen LogP contribution < -0.4 is 0 Å². The van der Waals surface area contributed by atoms with Gasteiger partial charge in [-0.05, 0) is 35.9 Å². The Kier molecular flexibility index (Phi) is 3.69. The predicted octanol–water partition coefficient (Wildman–Crippen LogP) is 1.84. The molecule has 0 amide bonds. The number of thiol groups is 1. The average Bonchev–Trinajstić information content (AvgIpc) is 1.67. The van der Waals surface area contributed by atoms with E-state index in [2.05, 4.69) is 12.6 Å². The Morgan fingerprint density at radius 1 is 1.88 bits per heavy atom. The van der Waals surface area contributed by atoms with E-state index in [1.807, 2.05) is 36.4 Å². The molecule has 8 heavy (non-hydrogen) atoms. The normalized spacial score (nSPS) is 22.1. The summed E-state index contributed by atoms with van der Waals surface area (Å²) < 4.78 is -0.575. The minimum atomic E-state index is -0.353. The number of aliphatic hydroxyl groups is 1. The van der Waals surface area contributed by atoms with Crippen molar-refractivity contribution in [3.8, 4) is 0 Å². The smallest absolute Gasteiger partial charge is 0.119 e. The average molecular weight is 246 g/mol. The van der Waals surface area contributed by atoms with Crippen molar-refractivity contribution in [1.82, 2.24) is 0 Å². The maximum Gasteiger partial charge on any atom is 0.119 e. The fraction of sp³-hybridized carbons (Fsp3) is 1.00. The third-order valence-electron chi connectivity index (χ3n) is 1.23. The molecule has 0 heterocycles. The zero-order chi connectivity index (χ0) is 6.78. The quantitative estimate of drug-likeness (QED) is 0.432. The Morgan fingerprint density at radius 2 is 2.25 bits per heavy atom. The van der Waals surface area contributed by atoms with Crippen LogP contribution in [-0.2, 0) is 0 Å². The summed E-state index contributed by atoms with van der Waals surface area (Å²) in [7, 11) is 0. The summed E-state index contributed by atoms with van der Waals surface area (Å²) in [5, 5.41) is 8.99. The van der Waals surface area contributed by atoms with Crippen LogP contribution in [-0.4, -0.2) is 14.0 Å². The van der Waals surface area contributed by atoms with Crippen molar-refractivity contribution in [2.24, 2.45) is 0 Å². The lowest BCUT2D eigenvalue weighted by Gasteiger charge is -2.22. The molecule has 0 saturated heterocycles. The van der Waals surface area contributed by atoms with Crippen molar-refractivity contribution >= 4 is 35.2 Å². The van der Waals surface area contributed by atoms with E-state index in [1.54, 1.807) is 0 Å². The molecule has 0 aliphatic carbocycles. The molecule has 0 bridgehead atoms. The van der Waals surface area contributed by atoms with E-state index in [1.165, 1.54) is 0 Å². The Morgan fingerprint density at radius 3 is 2.25 bits per heavy atom. The van der Waals surface area contributed by atoms with Crippen molar-refractivity contribution in [3.63, 3.8) is 0 Å². The van der Waals surface area contributed by atoms with E-state index < -0.39 is 0 Å². The van der Waals surface area contributed by atoms with Gasteiger partial charge in [0.25, 0.3) is 0 Å². The lowest BCUT2D eigenvalue weighted by atomic mass is 10.1. The van der Waals surface area contributed by atoms with Crippen LogP contribution in [0.4, 0.5) is 0 Å². The van der Waals surface area contributed by atoms with E-state index in [-0.39, 0.29) is 8.86 Å². The highest BCUT2D eigenvalue weighted by Crippen LogP contribution is 2.26. The molecule has 0 aromatic rings. The molecule has 2 atom stereocenters. The van der Waals surface area contributed by atoms with Gasteiger partial charge in [0.05, 0.1) is 0 Å². The van der Waals surface area contributed by atoms with Gasteiger partial charge in [0.15, 0.2) is 0 Å². The maximum absolute atomic E-state index is 8.99. The Hall–Kier alpha value is 1.04. The highest BCUT2D eigenvalue weighted by atomic mass is 127. The van der Waals surface area contributed by atoms with E-state index in [0.29, 0.717) is 0 Å². The summed E-state index contributed by atoms with van der Waals surface area (Å²) in [6.45, 7) is 3.93. The monoisotopic (exact) mass is 246 g/mol. The zero-order valence-electron chi connectivity index (χ0n) is 5.06. The minimum absolute atomic E-state index is 0.222. The van der Waals surface area contributed by atoms with Crippen LogP contribution in [0.3, 0.4) is 0 Å². The summed E-state index contributed by atoms with van der Waals surface area (Å²) in [4.78, 5) is 0. The van der Waals surface area contributed by atoms with Crippen molar-refractivity contribution in [1.29, 1.82) is 0 Å². The largest absolute Gasteiger partial charge is 0.381 e.